The maximum atomic E-state index is 12.4. The molecule has 1 heterocycles. The molecule has 3 heteroatoms. The van der Waals surface area contributed by atoms with Crippen LogP contribution in [0.3, 0.4) is 0 Å². The smallest absolute Gasteiger partial charge is 0.255 e. The van der Waals surface area contributed by atoms with Gasteiger partial charge in [-0.1, -0.05) is 24.1 Å². The van der Waals surface area contributed by atoms with Crippen molar-refractivity contribution in [3.63, 3.8) is 0 Å². The summed E-state index contributed by atoms with van der Waals surface area (Å²) in [6.07, 6.45) is 1.71. The largest absolute Gasteiger partial charge is 0.322 e. The predicted molar refractivity (Wildman–Crippen MR) is 101 cm³/mol. The Morgan fingerprint density at radius 3 is 2.56 bits per heavy atom. The zero-order chi connectivity index (χ0) is 17.6. The highest BCUT2D eigenvalue weighted by molar-refractivity contribution is 6.04. The van der Waals surface area contributed by atoms with Gasteiger partial charge in [-0.05, 0) is 73.4 Å². The zero-order valence-electron chi connectivity index (χ0n) is 14.2. The molecule has 122 valence electrons. The second-order valence-electron chi connectivity index (χ2n) is 5.80. The van der Waals surface area contributed by atoms with Gasteiger partial charge in [0.05, 0.1) is 0 Å². The van der Waals surface area contributed by atoms with Crippen LogP contribution in [0.5, 0.6) is 0 Å². The Balaban J connectivity index is 1.76. The van der Waals surface area contributed by atoms with Crippen molar-refractivity contribution in [3.05, 3.63) is 94.8 Å². The van der Waals surface area contributed by atoms with E-state index in [1.54, 1.807) is 6.20 Å². The first-order valence-electron chi connectivity index (χ1n) is 8.03. The molecule has 0 unspecified atom stereocenters. The van der Waals surface area contributed by atoms with Crippen LogP contribution < -0.4 is 5.32 Å². The molecule has 0 fully saturated rings. The van der Waals surface area contributed by atoms with Gasteiger partial charge in [0, 0.05) is 23.0 Å². The molecule has 0 bridgehead atoms. The molecule has 0 aliphatic rings. The molecule has 0 aliphatic heterocycles. The Labute approximate surface area is 147 Å². The lowest BCUT2D eigenvalue weighted by Crippen LogP contribution is -2.12. The summed E-state index contributed by atoms with van der Waals surface area (Å²) in [5.41, 5.74) is 5.17. The van der Waals surface area contributed by atoms with Crippen molar-refractivity contribution in [2.45, 2.75) is 13.8 Å². The summed E-state index contributed by atoms with van der Waals surface area (Å²) in [5.74, 6) is 5.95. The van der Waals surface area contributed by atoms with Crippen molar-refractivity contribution in [1.29, 1.82) is 0 Å². The summed E-state index contributed by atoms with van der Waals surface area (Å²) in [6.45, 7) is 4.03. The predicted octanol–water partition coefficient (Wildman–Crippen LogP) is 4.35. The number of pyridine rings is 1. The Hall–Kier alpha value is -3.38. The van der Waals surface area contributed by atoms with Gasteiger partial charge in [0.1, 0.15) is 5.69 Å². The van der Waals surface area contributed by atoms with Crippen LogP contribution in [-0.2, 0) is 0 Å². The molecule has 3 nitrogen and oxygen atoms in total. The Morgan fingerprint density at radius 1 is 0.920 bits per heavy atom. The van der Waals surface area contributed by atoms with Crippen molar-refractivity contribution in [3.8, 4) is 11.8 Å². The third-order valence-corrected chi connectivity index (χ3v) is 3.89. The van der Waals surface area contributed by atoms with E-state index in [1.165, 1.54) is 5.56 Å². The first-order valence-corrected chi connectivity index (χ1v) is 8.03. The molecule has 0 saturated heterocycles. The van der Waals surface area contributed by atoms with Crippen molar-refractivity contribution < 1.29 is 4.79 Å². The lowest BCUT2D eigenvalue weighted by atomic mass is 10.1. The lowest BCUT2D eigenvalue weighted by Gasteiger charge is -2.07. The average Bonchev–Trinajstić information content (AvgIpc) is 2.63. The Kier molecular flexibility index (Phi) is 4.92. The van der Waals surface area contributed by atoms with Gasteiger partial charge in [-0.15, -0.1) is 0 Å². The monoisotopic (exact) mass is 326 g/mol. The molecular weight excluding hydrogens is 308 g/mol. The van der Waals surface area contributed by atoms with Crippen LogP contribution >= 0.6 is 0 Å². The van der Waals surface area contributed by atoms with E-state index < -0.39 is 0 Å². The quantitative estimate of drug-likeness (QED) is 0.711. The fourth-order valence-electron chi connectivity index (χ4n) is 2.33. The number of hydrogen-bond donors (Lipinski definition) is 1. The number of hydrogen-bond acceptors (Lipinski definition) is 2. The van der Waals surface area contributed by atoms with E-state index in [-0.39, 0.29) is 5.91 Å². The van der Waals surface area contributed by atoms with Crippen molar-refractivity contribution in [2.24, 2.45) is 0 Å². The molecule has 0 spiro atoms. The van der Waals surface area contributed by atoms with Crippen LogP contribution in [0.4, 0.5) is 5.69 Å². The van der Waals surface area contributed by atoms with E-state index in [0.717, 1.165) is 16.8 Å². The number of aryl methyl sites for hydroxylation is 2. The second-order valence-corrected chi connectivity index (χ2v) is 5.80. The molecule has 25 heavy (non-hydrogen) atoms. The van der Waals surface area contributed by atoms with Crippen LogP contribution in [0.25, 0.3) is 0 Å². The van der Waals surface area contributed by atoms with Crippen LogP contribution in [-0.4, -0.2) is 10.9 Å². The lowest BCUT2D eigenvalue weighted by molar-refractivity contribution is 0.102. The third-order valence-electron chi connectivity index (χ3n) is 3.89. The highest BCUT2D eigenvalue weighted by atomic mass is 16.1. The minimum Gasteiger partial charge on any atom is -0.322 e. The fourth-order valence-corrected chi connectivity index (χ4v) is 2.33. The van der Waals surface area contributed by atoms with Crippen molar-refractivity contribution in [1.82, 2.24) is 4.98 Å². The van der Waals surface area contributed by atoms with Gasteiger partial charge in [-0.3, -0.25) is 4.79 Å². The van der Waals surface area contributed by atoms with Crippen LogP contribution in [0, 0.1) is 25.7 Å². The van der Waals surface area contributed by atoms with Crippen LogP contribution in [0.1, 0.15) is 32.7 Å². The van der Waals surface area contributed by atoms with Gasteiger partial charge in [-0.25, -0.2) is 4.98 Å². The van der Waals surface area contributed by atoms with Crippen molar-refractivity contribution >= 4 is 11.6 Å². The van der Waals surface area contributed by atoms with Crippen LogP contribution in [0.15, 0.2) is 66.9 Å². The van der Waals surface area contributed by atoms with E-state index in [9.17, 15) is 4.79 Å². The van der Waals surface area contributed by atoms with Crippen molar-refractivity contribution in [2.75, 3.05) is 5.32 Å². The summed E-state index contributed by atoms with van der Waals surface area (Å²) in [6, 6.07) is 18.8. The van der Waals surface area contributed by atoms with E-state index in [0.29, 0.717) is 11.3 Å². The summed E-state index contributed by atoms with van der Waals surface area (Å²) < 4.78 is 0. The second kappa shape index (κ2) is 7.46. The van der Waals surface area contributed by atoms with E-state index >= 15 is 0 Å². The molecule has 1 N–H and O–H groups in total. The molecule has 0 radical (unpaired) electrons. The zero-order valence-corrected chi connectivity index (χ0v) is 14.2. The summed E-state index contributed by atoms with van der Waals surface area (Å²) in [7, 11) is 0. The van der Waals surface area contributed by atoms with Gasteiger partial charge in [-0.2, -0.15) is 0 Å². The fraction of sp³-hybridized carbons (Fsp3) is 0.0909. The number of benzene rings is 2. The minimum absolute atomic E-state index is 0.127. The molecule has 0 saturated carbocycles. The molecule has 1 aromatic heterocycles. The molecule has 3 aromatic rings. The average molecular weight is 326 g/mol. The first kappa shape index (κ1) is 16.5. The van der Waals surface area contributed by atoms with E-state index in [4.69, 9.17) is 0 Å². The number of carbonyl (C=O) groups excluding carboxylic acids is 1. The number of anilines is 1. The molecule has 0 atom stereocenters. The number of rotatable bonds is 2. The highest BCUT2D eigenvalue weighted by Gasteiger charge is 2.07. The maximum absolute atomic E-state index is 12.4. The molecule has 0 aliphatic carbocycles. The Morgan fingerprint density at radius 2 is 1.80 bits per heavy atom. The molecule has 2 aromatic carbocycles. The summed E-state index contributed by atoms with van der Waals surface area (Å²) in [4.78, 5) is 16.6. The number of carbonyl (C=O) groups is 1. The van der Waals surface area contributed by atoms with Crippen LogP contribution in [0.2, 0.25) is 0 Å². The number of nitrogens with zero attached hydrogens (tertiary/aromatic N) is 1. The SMILES string of the molecule is Cc1ccc(C(=O)Nc2cccc(C#Cc3ccccn3)c2)cc1C. The van der Waals surface area contributed by atoms with Gasteiger partial charge in [0.2, 0.25) is 0 Å². The number of aromatic nitrogens is 1. The summed E-state index contributed by atoms with van der Waals surface area (Å²) in [5, 5.41) is 2.92. The maximum Gasteiger partial charge on any atom is 0.255 e. The van der Waals surface area contributed by atoms with E-state index in [2.05, 4.69) is 22.1 Å². The van der Waals surface area contributed by atoms with Gasteiger partial charge < -0.3 is 5.32 Å². The topological polar surface area (TPSA) is 42.0 Å². The minimum atomic E-state index is -0.127. The molecule has 1 amide bonds. The number of nitrogens with one attached hydrogen (secondary N) is 1. The van der Waals surface area contributed by atoms with Gasteiger partial charge in [0.15, 0.2) is 0 Å². The third kappa shape index (κ3) is 4.33. The standard InChI is InChI=1S/C22H18N2O/c1-16-9-11-19(14-17(16)2)22(25)24-21-8-5-6-18(15-21)10-12-20-7-3-4-13-23-20/h3-9,11,13-15H,1-2H3,(H,24,25). The molecular formula is C22H18N2O. The molecule has 3 rings (SSSR count). The normalized spacial score (nSPS) is 9.84. The van der Waals surface area contributed by atoms with Gasteiger partial charge in [0.25, 0.3) is 5.91 Å². The van der Waals surface area contributed by atoms with E-state index in [1.807, 2.05) is 74.5 Å². The number of amides is 1. The summed E-state index contributed by atoms with van der Waals surface area (Å²) >= 11 is 0. The first-order chi connectivity index (χ1) is 12.1. The Bertz CT molecular complexity index is 966. The van der Waals surface area contributed by atoms with Gasteiger partial charge >= 0.3 is 0 Å². The highest BCUT2D eigenvalue weighted by Crippen LogP contribution is 2.14.